The van der Waals surface area contributed by atoms with Crippen LogP contribution >= 0.6 is 62.7 Å². The molecular formula is C39H39BrCl2N8S2. The molecule has 6 heterocycles. The monoisotopic (exact) mass is 832 g/mol. The van der Waals surface area contributed by atoms with E-state index in [1.165, 1.54) is 33.4 Å². The van der Waals surface area contributed by atoms with Gasteiger partial charge < -0.3 is 10.6 Å². The summed E-state index contributed by atoms with van der Waals surface area (Å²) in [6.07, 6.45) is 0. The Balaban J connectivity index is 0.000000162. The summed E-state index contributed by atoms with van der Waals surface area (Å²) in [5, 5.41) is 18.6. The maximum absolute atomic E-state index is 6.19. The Morgan fingerprint density at radius 3 is 1.62 bits per heavy atom. The Morgan fingerprint density at radius 2 is 1.15 bits per heavy atom. The third-order valence-electron chi connectivity index (χ3n) is 9.17. The van der Waals surface area contributed by atoms with Crippen molar-refractivity contribution in [1.29, 1.82) is 0 Å². The molecule has 0 saturated carbocycles. The van der Waals surface area contributed by atoms with Crippen molar-refractivity contribution in [2.24, 2.45) is 14.1 Å². The van der Waals surface area contributed by atoms with Crippen LogP contribution in [0.3, 0.4) is 0 Å². The zero-order chi connectivity index (χ0) is 36.5. The van der Waals surface area contributed by atoms with Crippen molar-refractivity contribution in [2.75, 3.05) is 35.2 Å². The van der Waals surface area contributed by atoms with Gasteiger partial charge in [0.05, 0.1) is 21.9 Å². The number of hydrogen-bond donors (Lipinski definition) is 2. The predicted octanol–water partition coefficient (Wildman–Crippen LogP) is 10.5. The second-order valence-corrected chi connectivity index (χ2v) is 16.9. The molecular weight excluding hydrogens is 795 g/mol. The topological polar surface area (TPSA) is 85.5 Å². The van der Waals surface area contributed by atoms with E-state index in [2.05, 4.69) is 57.5 Å². The summed E-state index contributed by atoms with van der Waals surface area (Å²) in [4.78, 5) is 9.37. The molecule has 0 bridgehead atoms. The number of aryl methyl sites for hydroxylation is 5. The Labute approximate surface area is 331 Å². The van der Waals surface area contributed by atoms with Gasteiger partial charge in [-0.25, -0.2) is 4.98 Å². The van der Waals surface area contributed by atoms with E-state index in [9.17, 15) is 0 Å². The fourth-order valence-corrected chi connectivity index (χ4v) is 10.2. The molecule has 2 atom stereocenters. The van der Waals surface area contributed by atoms with Crippen LogP contribution in [0.25, 0.3) is 22.8 Å². The summed E-state index contributed by atoms with van der Waals surface area (Å²) in [6, 6.07) is 24.3. The highest BCUT2D eigenvalue weighted by molar-refractivity contribution is 9.10. The van der Waals surface area contributed by atoms with E-state index < -0.39 is 0 Å². The van der Waals surface area contributed by atoms with Crippen molar-refractivity contribution in [3.8, 4) is 22.8 Å². The summed E-state index contributed by atoms with van der Waals surface area (Å²) in [6.45, 7) is 8.08. The second kappa shape index (κ2) is 15.9. The Hall–Kier alpha value is -3.48. The molecule has 8 rings (SSSR count). The van der Waals surface area contributed by atoms with Crippen LogP contribution < -0.4 is 10.6 Å². The maximum Gasteiger partial charge on any atom is 0.129 e. The van der Waals surface area contributed by atoms with Gasteiger partial charge in [0.1, 0.15) is 27.6 Å². The molecule has 2 aliphatic rings. The molecule has 0 radical (unpaired) electrons. The molecule has 2 aliphatic heterocycles. The zero-order valence-corrected chi connectivity index (χ0v) is 34.3. The number of aromatic nitrogens is 6. The van der Waals surface area contributed by atoms with Crippen LogP contribution in [-0.2, 0) is 14.1 Å². The molecule has 0 fully saturated rings. The number of anilines is 2. The fourth-order valence-electron chi connectivity index (χ4n) is 6.81. The minimum Gasteiger partial charge on any atom is -0.369 e. The van der Waals surface area contributed by atoms with Gasteiger partial charge in [0.2, 0.25) is 0 Å². The average molecular weight is 835 g/mol. The molecule has 0 amide bonds. The van der Waals surface area contributed by atoms with Crippen LogP contribution in [0.4, 0.5) is 11.6 Å². The van der Waals surface area contributed by atoms with Crippen molar-refractivity contribution in [3.63, 3.8) is 0 Å². The predicted molar refractivity (Wildman–Crippen MR) is 223 cm³/mol. The molecule has 2 unspecified atom stereocenters. The summed E-state index contributed by atoms with van der Waals surface area (Å²) in [7, 11) is 3.97. The lowest BCUT2D eigenvalue weighted by Crippen LogP contribution is -2.06. The van der Waals surface area contributed by atoms with Crippen LogP contribution in [0.15, 0.2) is 77.4 Å². The first kappa shape index (κ1) is 36.9. The van der Waals surface area contributed by atoms with Gasteiger partial charge in [-0.2, -0.15) is 10.2 Å². The number of pyridine rings is 2. The summed E-state index contributed by atoms with van der Waals surface area (Å²) < 4.78 is 4.68. The number of rotatable bonds is 4. The van der Waals surface area contributed by atoms with Gasteiger partial charge in [0.15, 0.2) is 0 Å². The molecule has 52 heavy (non-hydrogen) atoms. The Kier molecular flexibility index (Phi) is 11.2. The molecule has 0 spiro atoms. The third-order valence-corrected chi connectivity index (χ3v) is 12.6. The molecule has 8 nitrogen and oxygen atoms in total. The Morgan fingerprint density at radius 1 is 0.673 bits per heavy atom. The number of nitrogens with one attached hydrogen (secondary N) is 2. The zero-order valence-electron chi connectivity index (χ0n) is 29.5. The maximum atomic E-state index is 6.19. The van der Waals surface area contributed by atoms with Crippen molar-refractivity contribution < 1.29 is 0 Å². The first-order chi connectivity index (χ1) is 25.1. The lowest BCUT2D eigenvalue weighted by Gasteiger charge is -2.19. The fraction of sp³-hybridized carbons (Fsp3) is 0.282. The van der Waals surface area contributed by atoms with E-state index in [1.807, 2.05) is 115 Å². The van der Waals surface area contributed by atoms with Crippen LogP contribution in [0.2, 0.25) is 10.0 Å². The SMILES string of the molecule is Cc1cc(Cl)ccc1C1SCCNc2c1c(-c1cccc(Br)n1)nn2C.Cc1cccc(-c2nn(C)c3c2C(c2ccc(Cl)cc2C)SCCN3)n1. The van der Waals surface area contributed by atoms with Crippen LogP contribution in [0.1, 0.15) is 49.6 Å². The first-order valence-corrected chi connectivity index (χ1v) is 20.7. The largest absolute Gasteiger partial charge is 0.369 e. The van der Waals surface area contributed by atoms with Crippen LogP contribution in [-0.4, -0.2) is 54.1 Å². The molecule has 0 aliphatic carbocycles. The number of halogens is 3. The number of hydrogen-bond acceptors (Lipinski definition) is 8. The van der Waals surface area contributed by atoms with Crippen LogP contribution in [0.5, 0.6) is 0 Å². The van der Waals surface area contributed by atoms with Crippen molar-refractivity contribution in [3.05, 3.63) is 127 Å². The lowest BCUT2D eigenvalue weighted by atomic mass is 9.98. The van der Waals surface area contributed by atoms with E-state index >= 15 is 0 Å². The van der Waals surface area contributed by atoms with Crippen molar-refractivity contribution >= 4 is 74.3 Å². The summed E-state index contributed by atoms with van der Waals surface area (Å²) in [5.41, 5.74) is 12.0. The van der Waals surface area contributed by atoms with Gasteiger partial charge >= 0.3 is 0 Å². The normalized spacial score (nSPS) is 16.7. The number of nitrogens with zero attached hydrogens (tertiary/aromatic N) is 6. The molecule has 2 N–H and O–H groups in total. The third kappa shape index (κ3) is 7.61. The van der Waals surface area contributed by atoms with E-state index in [4.69, 9.17) is 38.4 Å². The minimum absolute atomic E-state index is 0.182. The number of benzene rings is 2. The standard InChI is InChI=1S/C20H21ClN4S.C19H18BrClN4S/c1-12-11-14(21)7-8-15(12)19-17-18(16-6-4-5-13(2)23-16)24-25(3)20(17)22-9-10-26-19;1-11-10-12(21)6-7-13(11)18-16-17(14-4-3-5-15(20)23-14)24-25(2)19(16)22-8-9-26-18/h4-8,11,19,22H,9-10H2,1-3H3;3-7,10,18,22H,8-9H2,1-2H3. The van der Waals surface area contributed by atoms with E-state index in [1.54, 1.807) is 0 Å². The minimum atomic E-state index is 0.182. The van der Waals surface area contributed by atoms with E-state index in [0.717, 1.165) is 79.3 Å². The van der Waals surface area contributed by atoms with Crippen molar-refractivity contribution in [1.82, 2.24) is 29.5 Å². The Bertz CT molecular complexity index is 2100. The summed E-state index contributed by atoms with van der Waals surface area (Å²) >= 11 is 19.7. The van der Waals surface area contributed by atoms with Crippen molar-refractivity contribution in [2.45, 2.75) is 31.3 Å². The van der Waals surface area contributed by atoms with Gasteiger partial charge in [-0.05, 0) is 107 Å². The molecule has 13 heteroatoms. The molecule has 4 aromatic heterocycles. The first-order valence-electron chi connectivity index (χ1n) is 17.0. The molecule has 6 aromatic rings. The summed E-state index contributed by atoms with van der Waals surface area (Å²) in [5.74, 6) is 4.19. The molecule has 2 aromatic carbocycles. The van der Waals surface area contributed by atoms with Gasteiger partial charge in [-0.15, -0.1) is 23.5 Å². The highest BCUT2D eigenvalue weighted by Crippen LogP contribution is 2.48. The van der Waals surface area contributed by atoms with Gasteiger partial charge in [-0.3, -0.25) is 14.3 Å². The van der Waals surface area contributed by atoms with Gasteiger partial charge in [0, 0.05) is 65.6 Å². The smallest absolute Gasteiger partial charge is 0.129 e. The highest BCUT2D eigenvalue weighted by Gasteiger charge is 2.32. The second-order valence-electron chi connectivity index (χ2n) is 12.8. The number of thioether (sulfide) groups is 2. The van der Waals surface area contributed by atoms with Crippen LogP contribution in [0, 0.1) is 20.8 Å². The quantitative estimate of drug-likeness (QED) is 0.170. The number of fused-ring (bicyclic) bond motifs is 2. The lowest BCUT2D eigenvalue weighted by molar-refractivity contribution is 0.773. The van der Waals surface area contributed by atoms with E-state index in [0.29, 0.717) is 0 Å². The average Bonchev–Trinajstić information content (AvgIpc) is 3.39. The van der Waals surface area contributed by atoms with Gasteiger partial charge in [-0.1, -0.05) is 47.5 Å². The van der Waals surface area contributed by atoms with Gasteiger partial charge in [0.25, 0.3) is 0 Å². The highest BCUT2D eigenvalue weighted by atomic mass is 79.9. The van der Waals surface area contributed by atoms with E-state index in [-0.39, 0.29) is 10.5 Å². The molecule has 268 valence electrons. The molecule has 0 saturated heterocycles.